The number of rotatable bonds is 1. The maximum atomic E-state index is 12.6. The largest absolute Gasteiger partial charge is 0.435 e. The summed E-state index contributed by atoms with van der Waals surface area (Å²) in [6, 6.07) is 5.65. The zero-order chi connectivity index (χ0) is 11.8. The van der Waals surface area contributed by atoms with Crippen LogP contribution in [0.25, 0.3) is 5.69 Å². The van der Waals surface area contributed by atoms with E-state index in [0.29, 0.717) is 5.69 Å². The van der Waals surface area contributed by atoms with Crippen molar-refractivity contribution in [2.45, 2.75) is 6.18 Å². The molecule has 0 saturated heterocycles. The number of aromatic nitrogens is 2. The Balaban J connectivity index is 2.35. The van der Waals surface area contributed by atoms with Crippen LogP contribution in [-0.2, 0) is 6.18 Å². The lowest BCUT2D eigenvalue weighted by Gasteiger charge is -2.02. The minimum absolute atomic E-state index is 0.317. The van der Waals surface area contributed by atoms with Crippen molar-refractivity contribution < 1.29 is 17.6 Å². The van der Waals surface area contributed by atoms with Gasteiger partial charge in [-0.25, -0.2) is 9.07 Å². The molecule has 0 unspecified atom stereocenters. The molecule has 0 bridgehead atoms. The van der Waals surface area contributed by atoms with Gasteiger partial charge in [0.25, 0.3) is 0 Å². The Morgan fingerprint density at radius 1 is 1.12 bits per heavy atom. The molecule has 2 aromatic rings. The normalized spacial score (nSPS) is 11.8. The lowest BCUT2D eigenvalue weighted by molar-refractivity contribution is -0.141. The van der Waals surface area contributed by atoms with E-state index in [4.69, 9.17) is 0 Å². The first-order valence-corrected chi connectivity index (χ1v) is 4.28. The van der Waals surface area contributed by atoms with Gasteiger partial charge >= 0.3 is 6.18 Å². The minimum Gasteiger partial charge on any atom is -0.231 e. The Hall–Kier alpha value is -1.85. The Bertz CT molecular complexity index is 484. The zero-order valence-corrected chi connectivity index (χ0v) is 7.79. The zero-order valence-electron chi connectivity index (χ0n) is 7.79. The molecule has 0 fully saturated rings. The van der Waals surface area contributed by atoms with Crippen LogP contribution in [0.4, 0.5) is 17.6 Å². The molecule has 83 valence electrons. The van der Waals surface area contributed by atoms with Crippen molar-refractivity contribution in [3.05, 3.63) is 48.0 Å². The van der Waals surface area contributed by atoms with E-state index in [2.05, 4.69) is 11.3 Å². The first kappa shape index (κ1) is 10.7. The lowest BCUT2D eigenvalue weighted by Crippen LogP contribution is -2.07. The molecule has 6 heteroatoms. The van der Waals surface area contributed by atoms with Crippen molar-refractivity contribution in [2.75, 3.05) is 0 Å². The highest BCUT2D eigenvalue weighted by Crippen LogP contribution is 2.27. The first-order valence-electron chi connectivity index (χ1n) is 4.28. The summed E-state index contributed by atoms with van der Waals surface area (Å²) in [5, 5.41) is 3.30. The van der Waals surface area contributed by atoms with Crippen LogP contribution < -0.4 is 0 Å². The molecule has 2 rings (SSSR count). The molecule has 1 radical (unpaired) electrons. The highest BCUT2D eigenvalue weighted by molar-refractivity contribution is 5.30. The van der Waals surface area contributed by atoms with Crippen LogP contribution in [0.3, 0.4) is 0 Å². The second-order valence-electron chi connectivity index (χ2n) is 3.04. The SMILES string of the molecule is Fc1ccc(-n2[c]cc(C(F)(F)F)n2)cc1. The van der Waals surface area contributed by atoms with Crippen molar-refractivity contribution in [3.8, 4) is 5.69 Å². The van der Waals surface area contributed by atoms with Gasteiger partial charge in [0.15, 0.2) is 5.69 Å². The molecule has 0 saturated carbocycles. The molecule has 1 heterocycles. The van der Waals surface area contributed by atoms with E-state index < -0.39 is 17.7 Å². The molecule has 0 spiro atoms. The predicted octanol–water partition coefficient (Wildman–Crippen LogP) is 2.83. The van der Waals surface area contributed by atoms with E-state index in [1.54, 1.807) is 0 Å². The Kier molecular flexibility index (Phi) is 2.41. The third-order valence-electron chi connectivity index (χ3n) is 1.89. The molecule has 1 aromatic carbocycles. The van der Waals surface area contributed by atoms with Gasteiger partial charge in [0, 0.05) is 0 Å². The summed E-state index contributed by atoms with van der Waals surface area (Å²) < 4.78 is 50.2. The van der Waals surface area contributed by atoms with E-state index in [1.165, 1.54) is 12.1 Å². The standard InChI is InChI=1S/C10H5F4N2/c11-7-1-3-8(4-2-7)16-6-5-9(15-16)10(12,13)14/h1-5H. The number of benzene rings is 1. The van der Waals surface area contributed by atoms with Crippen LogP contribution in [0, 0.1) is 12.0 Å². The number of hydrogen-bond acceptors (Lipinski definition) is 1. The summed E-state index contributed by atoms with van der Waals surface area (Å²) in [5.41, 5.74) is -0.714. The quantitative estimate of drug-likeness (QED) is 0.687. The molecule has 0 amide bonds. The summed E-state index contributed by atoms with van der Waals surface area (Å²) in [7, 11) is 0. The van der Waals surface area contributed by atoms with Gasteiger partial charge < -0.3 is 0 Å². The Morgan fingerprint density at radius 2 is 1.75 bits per heavy atom. The fourth-order valence-corrected chi connectivity index (χ4v) is 1.14. The second-order valence-corrected chi connectivity index (χ2v) is 3.04. The third-order valence-corrected chi connectivity index (χ3v) is 1.89. The Morgan fingerprint density at radius 3 is 2.25 bits per heavy atom. The fourth-order valence-electron chi connectivity index (χ4n) is 1.14. The van der Waals surface area contributed by atoms with E-state index >= 15 is 0 Å². The van der Waals surface area contributed by atoms with Gasteiger partial charge in [0.2, 0.25) is 0 Å². The van der Waals surface area contributed by atoms with Gasteiger partial charge in [-0.3, -0.25) is 0 Å². The van der Waals surface area contributed by atoms with Crippen molar-refractivity contribution in [3.63, 3.8) is 0 Å². The summed E-state index contributed by atoms with van der Waals surface area (Å²) in [5.74, 6) is -0.466. The molecule has 0 N–H and O–H groups in total. The van der Waals surface area contributed by atoms with Crippen LogP contribution in [0.15, 0.2) is 30.3 Å². The lowest BCUT2D eigenvalue weighted by atomic mass is 10.3. The number of hydrogen-bond donors (Lipinski definition) is 0. The fraction of sp³-hybridized carbons (Fsp3) is 0.100. The summed E-state index contributed by atoms with van der Waals surface area (Å²) in [6.07, 6.45) is -2.19. The van der Waals surface area contributed by atoms with Crippen LogP contribution in [-0.4, -0.2) is 9.78 Å². The van der Waals surface area contributed by atoms with Crippen molar-refractivity contribution in [1.29, 1.82) is 0 Å². The van der Waals surface area contributed by atoms with E-state index in [-0.39, 0.29) is 0 Å². The van der Waals surface area contributed by atoms with Gasteiger partial charge in [-0.15, -0.1) is 0 Å². The predicted molar refractivity (Wildman–Crippen MR) is 47.4 cm³/mol. The van der Waals surface area contributed by atoms with Crippen molar-refractivity contribution >= 4 is 0 Å². The summed E-state index contributed by atoms with van der Waals surface area (Å²) >= 11 is 0. The van der Waals surface area contributed by atoms with Crippen molar-refractivity contribution in [1.82, 2.24) is 9.78 Å². The summed E-state index contributed by atoms with van der Waals surface area (Å²) in [6.45, 7) is 0. The molecular weight excluding hydrogens is 224 g/mol. The van der Waals surface area contributed by atoms with Gasteiger partial charge in [-0.05, 0) is 30.3 Å². The first-order chi connectivity index (χ1) is 7.47. The average molecular weight is 229 g/mol. The van der Waals surface area contributed by atoms with E-state index in [1.807, 2.05) is 0 Å². The molecule has 2 nitrogen and oxygen atoms in total. The van der Waals surface area contributed by atoms with Gasteiger partial charge in [-0.2, -0.15) is 18.3 Å². The second kappa shape index (κ2) is 3.62. The van der Waals surface area contributed by atoms with Crippen LogP contribution >= 0.6 is 0 Å². The topological polar surface area (TPSA) is 17.8 Å². The monoisotopic (exact) mass is 229 g/mol. The molecule has 0 atom stereocenters. The molecule has 0 aliphatic heterocycles. The highest BCUT2D eigenvalue weighted by atomic mass is 19.4. The smallest absolute Gasteiger partial charge is 0.231 e. The van der Waals surface area contributed by atoms with Gasteiger partial charge in [0.1, 0.15) is 5.82 Å². The molecule has 16 heavy (non-hydrogen) atoms. The maximum absolute atomic E-state index is 12.6. The summed E-state index contributed by atoms with van der Waals surface area (Å²) in [4.78, 5) is 0. The maximum Gasteiger partial charge on any atom is 0.435 e. The van der Waals surface area contributed by atoms with E-state index in [0.717, 1.165) is 22.9 Å². The Labute approximate surface area is 88.1 Å². The van der Waals surface area contributed by atoms with Crippen LogP contribution in [0.1, 0.15) is 5.69 Å². The number of nitrogens with zero attached hydrogens (tertiary/aromatic N) is 2. The molecule has 0 aliphatic carbocycles. The highest BCUT2D eigenvalue weighted by Gasteiger charge is 2.33. The third kappa shape index (κ3) is 2.05. The molecular formula is C10H5F4N2. The molecule has 0 aliphatic rings. The van der Waals surface area contributed by atoms with Crippen LogP contribution in [0.5, 0.6) is 0 Å². The number of halogens is 4. The van der Waals surface area contributed by atoms with Gasteiger partial charge in [-0.1, -0.05) is 0 Å². The van der Waals surface area contributed by atoms with Crippen LogP contribution in [0.2, 0.25) is 0 Å². The minimum atomic E-state index is -4.50. The molecule has 1 aromatic heterocycles. The van der Waals surface area contributed by atoms with Gasteiger partial charge in [0.05, 0.1) is 11.9 Å². The average Bonchev–Trinajstić information content (AvgIpc) is 2.67. The van der Waals surface area contributed by atoms with E-state index in [9.17, 15) is 17.6 Å². The number of alkyl halides is 3. The van der Waals surface area contributed by atoms with Crippen molar-refractivity contribution in [2.24, 2.45) is 0 Å².